The smallest absolute Gasteiger partial charge is 0.0958 e. The summed E-state index contributed by atoms with van der Waals surface area (Å²) in [6.07, 6.45) is 2.34. The van der Waals surface area contributed by atoms with Crippen molar-refractivity contribution in [2.75, 3.05) is 5.01 Å². The molecule has 0 radical (unpaired) electrons. The second-order valence-corrected chi connectivity index (χ2v) is 8.41. The highest BCUT2D eigenvalue weighted by Gasteiger charge is 2.27. The van der Waals surface area contributed by atoms with Crippen LogP contribution in [-0.4, -0.2) is 0 Å². The Hall–Kier alpha value is -3.00. The summed E-state index contributed by atoms with van der Waals surface area (Å²) < 4.78 is 0. The predicted octanol–water partition coefficient (Wildman–Crippen LogP) is 7.04. The molecule has 2 nitrogen and oxygen atoms in total. The van der Waals surface area contributed by atoms with Crippen molar-refractivity contribution in [2.24, 2.45) is 0 Å². The second-order valence-electron chi connectivity index (χ2n) is 8.41. The average molecular weight is 383 g/mol. The van der Waals surface area contributed by atoms with Crippen LogP contribution in [0, 0.1) is 0 Å². The van der Waals surface area contributed by atoms with E-state index in [2.05, 4.69) is 123 Å². The summed E-state index contributed by atoms with van der Waals surface area (Å²) in [7, 11) is 0. The Morgan fingerprint density at radius 1 is 0.724 bits per heavy atom. The van der Waals surface area contributed by atoms with E-state index in [1.54, 1.807) is 0 Å². The third-order valence-corrected chi connectivity index (χ3v) is 5.66. The number of anilines is 1. The summed E-state index contributed by atoms with van der Waals surface area (Å²) in [4.78, 5) is 0. The Morgan fingerprint density at radius 2 is 1.34 bits per heavy atom. The lowest BCUT2D eigenvalue weighted by molar-refractivity contribution is 0.724. The fourth-order valence-electron chi connectivity index (χ4n) is 4.11. The number of nitrogens with zero attached hydrogens (tertiary/aromatic N) is 1. The van der Waals surface area contributed by atoms with E-state index in [4.69, 9.17) is 0 Å². The third-order valence-electron chi connectivity index (χ3n) is 5.66. The molecule has 148 valence electrons. The van der Waals surface area contributed by atoms with Gasteiger partial charge in [-0.3, -0.25) is 10.4 Å². The molecule has 0 amide bonds. The molecule has 0 bridgehead atoms. The zero-order valence-corrected chi connectivity index (χ0v) is 17.8. The van der Waals surface area contributed by atoms with Crippen molar-refractivity contribution in [3.8, 4) is 0 Å². The van der Waals surface area contributed by atoms with Gasteiger partial charge in [-0.25, -0.2) is 0 Å². The molecule has 3 aromatic rings. The Bertz CT molecular complexity index is 988. The van der Waals surface area contributed by atoms with Gasteiger partial charge in [-0.15, -0.1) is 0 Å². The topological polar surface area (TPSA) is 15.3 Å². The zero-order valence-electron chi connectivity index (χ0n) is 17.8. The first-order valence-corrected chi connectivity index (χ1v) is 10.6. The van der Waals surface area contributed by atoms with Gasteiger partial charge in [-0.1, -0.05) is 88.4 Å². The van der Waals surface area contributed by atoms with Gasteiger partial charge in [0.2, 0.25) is 0 Å². The van der Waals surface area contributed by atoms with E-state index < -0.39 is 0 Å². The Morgan fingerprint density at radius 3 is 1.97 bits per heavy atom. The van der Waals surface area contributed by atoms with Crippen molar-refractivity contribution in [3.63, 3.8) is 0 Å². The van der Waals surface area contributed by atoms with Crippen LogP contribution in [-0.2, 0) is 0 Å². The Balaban J connectivity index is 1.75. The van der Waals surface area contributed by atoms with Gasteiger partial charge in [0.1, 0.15) is 0 Å². The zero-order chi connectivity index (χ0) is 20.4. The molecule has 3 aromatic carbocycles. The van der Waals surface area contributed by atoms with Gasteiger partial charge < -0.3 is 0 Å². The quantitative estimate of drug-likeness (QED) is 0.509. The molecular weight excluding hydrogens is 352 g/mol. The molecule has 1 N–H and O–H groups in total. The highest BCUT2D eigenvalue weighted by atomic mass is 15.5. The van der Waals surface area contributed by atoms with Crippen LogP contribution in [0.1, 0.15) is 67.8 Å². The summed E-state index contributed by atoms with van der Waals surface area (Å²) >= 11 is 0. The number of nitrogens with one attached hydrogen (secondary N) is 1. The Labute approximate surface area is 174 Å². The lowest BCUT2D eigenvalue weighted by Gasteiger charge is -2.27. The van der Waals surface area contributed by atoms with Crippen molar-refractivity contribution >= 4 is 11.4 Å². The predicted molar refractivity (Wildman–Crippen MR) is 124 cm³/mol. The number of benzene rings is 3. The molecule has 0 saturated heterocycles. The van der Waals surface area contributed by atoms with Gasteiger partial charge in [0, 0.05) is 0 Å². The van der Waals surface area contributed by atoms with Gasteiger partial charge in [0.15, 0.2) is 0 Å². The second kappa shape index (κ2) is 8.16. The van der Waals surface area contributed by atoms with Crippen LogP contribution in [0.4, 0.5) is 5.69 Å². The number of rotatable bonds is 5. The van der Waals surface area contributed by atoms with E-state index in [1.165, 1.54) is 28.0 Å². The largest absolute Gasteiger partial charge is 0.297 e. The first kappa shape index (κ1) is 19.3. The van der Waals surface area contributed by atoms with Crippen LogP contribution in [0.15, 0.2) is 84.9 Å². The fraction of sp³-hybridized carbons (Fsp3) is 0.259. The highest BCUT2D eigenvalue weighted by molar-refractivity contribution is 5.73. The normalized spacial score (nSPS) is 16.3. The molecule has 0 fully saturated rings. The molecule has 0 aromatic heterocycles. The molecular formula is C27H30N2. The maximum absolute atomic E-state index is 3.68. The van der Waals surface area contributed by atoms with Crippen LogP contribution in [0.25, 0.3) is 5.70 Å². The fourth-order valence-corrected chi connectivity index (χ4v) is 4.11. The minimum atomic E-state index is 0.154. The van der Waals surface area contributed by atoms with E-state index in [-0.39, 0.29) is 6.04 Å². The lowest BCUT2D eigenvalue weighted by atomic mass is 9.88. The maximum Gasteiger partial charge on any atom is 0.0958 e. The number of hydrogen-bond acceptors (Lipinski definition) is 2. The van der Waals surface area contributed by atoms with Gasteiger partial charge in [0.25, 0.3) is 0 Å². The molecule has 1 heterocycles. The minimum Gasteiger partial charge on any atom is -0.297 e. The third kappa shape index (κ3) is 3.93. The standard InChI is InChI=1S/C27H30N2/c1-19(2)24-16-15-22(17-25(24)20(3)4)26-18-27(21-11-7-5-8-12-21)29(28-26)23-13-9-6-10-14-23/h5-20,27-28H,1-4H3. The maximum atomic E-state index is 3.68. The molecule has 1 unspecified atom stereocenters. The van der Waals surface area contributed by atoms with Gasteiger partial charge in [-0.2, -0.15) is 0 Å². The van der Waals surface area contributed by atoms with Gasteiger partial charge >= 0.3 is 0 Å². The SMILES string of the molecule is CC(C)c1ccc(C2=CC(c3ccccc3)N(c3ccccc3)N2)cc1C(C)C. The van der Waals surface area contributed by atoms with Crippen molar-refractivity contribution in [1.29, 1.82) is 0 Å². The average Bonchev–Trinajstić information content (AvgIpc) is 3.20. The molecule has 29 heavy (non-hydrogen) atoms. The monoisotopic (exact) mass is 382 g/mol. The molecule has 2 heteroatoms. The van der Waals surface area contributed by atoms with E-state index in [0.717, 1.165) is 5.69 Å². The van der Waals surface area contributed by atoms with Crippen molar-refractivity contribution in [1.82, 2.24) is 5.43 Å². The van der Waals surface area contributed by atoms with Gasteiger partial charge in [-0.05, 0) is 58.4 Å². The first-order chi connectivity index (χ1) is 14.0. The molecule has 1 aliphatic rings. The number of para-hydroxylation sites is 1. The molecule has 4 rings (SSSR count). The van der Waals surface area contributed by atoms with Gasteiger partial charge in [0.05, 0.1) is 17.4 Å². The highest BCUT2D eigenvalue weighted by Crippen LogP contribution is 2.36. The van der Waals surface area contributed by atoms with Crippen molar-refractivity contribution < 1.29 is 0 Å². The van der Waals surface area contributed by atoms with Crippen LogP contribution >= 0.6 is 0 Å². The summed E-state index contributed by atoms with van der Waals surface area (Å²) in [6, 6.07) is 28.3. The van der Waals surface area contributed by atoms with E-state index in [9.17, 15) is 0 Å². The lowest BCUT2D eigenvalue weighted by Crippen LogP contribution is -2.33. The van der Waals surface area contributed by atoms with Crippen molar-refractivity contribution in [2.45, 2.75) is 45.6 Å². The molecule has 0 saturated carbocycles. The molecule has 1 atom stereocenters. The van der Waals surface area contributed by atoms with E-state index >= 15 is 0 Å². The van der Waals surface area contributed by atoms with Crippen LogP contribution in [0.5, 0.6) is 0 Å². The summed E-state index contributed by atoms with van der Waals surface area (Å²) in [6.45, 7) is 9.11. The summed E-state index contributed by atoms with van der Waals surface area (Å²) in [5.74, 6) is 1.04. The van der Waals surface area contributed by atoms with Crippen molar-refractivity contribution in [3.05, 3.63) is 107 Å². The molecule has 0 aliphatic carbocycles. The summed E-state index contributed by atoms with van der Waals surface area (Å²) in [5, 5.41) is 2.26. The summed E-state index contributed by atoms with van der Waals surface area (Å²) in [5.41, 5.74) is 11.4. The first-order valence-electron chi connectivity index (χ1n) is 10.6. The molecule has 0 spiro atoms. The molecule has 1 aliphatic heterocycles. The van der Waals surface area contributed by atoms with Crippen LogP contribution < -0.4 is 10.4 Å². The van der Waals surface area contributed by atoms with Crippen LogP contribution in [0.3, 0.4) is 0 Å². The van der Waals surface area contributed by atoms with Crippen LogP contribution in [0.2, 0.25) is 0 Å². The number of hydrazine groups is 1. The minimum absolute atomic E-state index is 0.154. The van der Waals surface area contributed by atoms with E-state index in [1.807, 2.05) is 0 Å². The van der Waals surface area contributed by atoms with E-state index in [0.29, 0.717) is 11.8 Å². The Kier molecular flexibility index (Phi) is 5.44. The number of hydrogen-bond donors (Lipinski definition) is 1.